The summed E-state index contributed by atoms with van der Waals surface area (Å²) in [5, 5.41) is 2.81. The van der Waals surface area contributed by atoms with Crippen molar-refractivity contribution in [2.45, 2.75) is 6.92 Å². The van der Waals surface area contributed by atoms with Crippen LogP contribution in [0.4, 0.5) is 11.4 Å². The highest BCUT2D eigenvalue weighted by molar-refractivity contribution is 6.05. The Morgan fingerprint density at radius 2 is 2.16 bits per heavy atom. The summed E-state index contributed by atoms with van der Waals surface area (Å²) in [6.07, 6.45) is 3.32. The lowest BCUT2D eigenvalue weighted by Gasteiger charge is -2.09. The van der Waals surface area contributed by atoms with E-state index in [9.17, 15) is 4.79 Å². The number of nitrogens with two attached hydrogens (primary N) is 1. The first-order valence-electron chi connectivity index (χ1n) is 5.76. The van der Waals surface area contributed by atoms with Crippen molar-refractivity contribution in [2.24, 2.45) is 0 Å². The molecule has 0 saturated heterocycles. The number of carbonyl (C=O) groups excluding carboxylic acids is 1. The quantitative estimate of drug-likeness (QED) is 0.827. The maximum Gasteiger partial charge on any atom is 0.255 e. The molecule has 0 aliphatic rings. The lowest BCUT2D eigenvalue weighted by molar-refractivity contribution is 0.102. The predicted molar refractivity (Wildman–Crippen MR) is 74.3 cm³/mol. The Balaban J connectivity index is 2.25. The molecule has 3 N–H and O–H groups in total. The second-order valence-electron chi connectivity index (χ2n) is 4.14. The average molecular weight is 257 g/mol. The van der Waals surface area contributed by atoms with E-state index >= 15 is 0 Å². The molecule has 98 valence electrons. The van der Waals surface area contributed by atoms with Gasteiger partial charge in [0, 0.05) is 35.4 Å². The van der Waals surface area contributed by atoms with Crippen molar-refractivity contribution in [3.63, 3.8) is 0 Å². The van der Waals surface area contributed by atoms with E-state index in [0.29, 0.717) is 17.0 Å². The van der Waals surface area contributed by atoms with Crippen LogP contribution in [0.1, 0.15) is 15.9 Å². The van der Waals surface area contributed by atoms with Gasteiger partial charge in [-0.3, -0.25) is 9.78 Å². The van der Waals surface area contributed by atoms with E-state index in [0.717, 1.165) is 11.3 Å². The third kappa shape index (κ3) is 3.01. The standard InChI is InChI=1S/C14H15N3O2/c1-9-8-16-4-3-13(9)17-14(18)10-5-11(15)7-12(6-10)19-2/h3-8H,15H2,1-2H3,(H,16,17,18). The minimum atomic E-state index is -0.236. The monoisotopic (exact) mass is 257 g/mol. The molecule has 19 heavy (non-hydrogen) atoms. The number of hydrogen-bond donors (Lipinski definition) is 2. The number of amides is 1. The van der Waals surface area contributed by atoms with E-state index in [1.165, 1.54) is 7.11 Å². The summed E-state index contributed by atoms with van der Waals surface area (Å²) in [7, 11) is 1.53. The molecule has 0 unspecified atom stereocenters. The first-order valence-corrected chi connectivity index (χ1v) is 5.76. The molecule has 0 spiro atoms. The fraction of sp³-hybridized carbons (Fsp3) is 0.143. The van der Waals surface area contributed by atoms with Crippen LogP contribution in [-0.4, -0.2) is 18.0 Å². The Kier molecular flexibility index (Phi) is 3.66. The molecule has 0 fully saturated rings. The second kappa shape index (κ2) is 5.39. The number of hydrogen-bond acceptors (Lipinski definition) is 4. The number of ether oxygens (including phenoxy) is 1. The van der Waals surface area contributed by atoms with E-state index in [1.54, 1.807) is 36.7 Å². The molecule has 2 aromatic rings. The van der Waals surface area contributed by atoms with Crippen LogP contribution in [0, 0.1) is 6.92 Å². The molecule has 5 nitrogen and oxygen atoms in total. The van der Waals surface area contributed by atoms with Crippen molar-refractivity contribution in [3.05, 3.63) is 47.8 Å². The average Bonchev–Trinajstić information content (AvgIpc) is 2.40. The first kappa shape index (κ1) is 12.9. The summed E-state index contributed by atoms with van der Waals surface area (Å²) in [6.45, 7) is 1.88. The maximum atomic E-state index is 12.1. The van der Waals surface area contributed by atoms with Crippen molar-refractivity contribution in [3.8, 4) is 5.75 Å². The highest BCUT2D eigenvalue weighted by atomic mass is 16.5. The maximum absolute atomic E-state index is 12.1. The summed E-state index contributed by atoms with van der Waals surface area (Å²) in [4.78, 5) is 16.1. The van der Waals surface area contributed by atoms with Crippen LogP contribution < -0.4 is 15.8 Å². The molecular weight excluding hydrogens is 242 g/mol. The van der Waals surface area contributed by atoms with E-state index in [4.69, 9.17) is 10.5 Å². The van der Waals surface area contributed by atoms with Crippen molar-refractivity contribution in [2.75, 3.05) is 18.2 Å². The van der Waals surface area contributed by atoms with Gasteiger partial charge in [-0.15, -0.1) is 0 Å². The third-order valence-electron chi connectivity index (χ3n) is 2.70. The van der Waals surface area contributed by atoms with Gasteiger partial charge in [0.1, 0.15) is 5.75 Å². The van der Waals surface area contributed by atoms with Gasteiger partial charge >= 0.3 is 0 Å². The van der Waals surface area contributed by atoms with Crippen LogP contribution in [0.15, 0.2) is 36.7 Å². The second-order valence-corrected chi connectivity index (χ2v) is 4.14. The van der Waals surface area contributed by atoms with Crippen LogP contribution in [0.2, 0.25) is 0 Å². The summed E-state index contributed by atoms with van der Waals surface area (Å²) >= 11 is 0. The summed E-state index contributed by atoms with van der Waals surface area (Å²) < 4.78 is 5.09. The van der Waals surface area contributed by atoms with Crippen LogP contribution in [0.25, 0.3) is 0 Å². The smallest absolute Gasteiger partial charge is 0.255 e. The normalized spacial score (nSPS) is 10.0. The lowest BCUT2D eigenvalue weighted by atomic mass is 10.1. The number of nitrogens with zero attached hydrogens (tertiary/aromatic N) is 1. The van der Waals surface area contributed by atoms with Gasteiger partial charge in [0.2, 0.25) is 0 Å². The largest absolute Gasteiger partial charge is 0.497 e. The number of anilines is 2. The molecule has 0 bridgehead atoms. The fourth-order valence-electron chi connectivity index (χ4n) is 1.68. The van der Waals surface area contributed by atoms with Crippen molar-refractivity contribution in [1.82, 2.24) is 4.98 Å². The molecule has 5 heteroatoms. The van der Waals surface area contributed by atoms with Gasteiger partial charge in [0.25, 0.3) is 5.91 Å². The minimum Gasteiger partial charge on any atom is -0.497 e. The molecule has 0 aliphatic heterocycles. The zero-order valence-electron chi connectivity index (χ0n) is 10.8. The highest BCUT2D eigenvalue weighted by Gasteiger charge is 2.10. The fourth-order valence-corrected chi connectivity index (χ4v) is 1.68. The SMILES string of the molecule is COc1cc(N)cc(C(=O)Nc2ccncc2C)c1. The number of benzene rings is 1. The molecule has 0 aliphatic carbocycles. The number of aromatic nitrogens is 1. The van der Waals surface area contributed by atoms with Gasteiger partial charge in [0.15, 0.2) is 0 Å². The van der Waals surface area contributed by atoms with Gasteiger partial charge in [0.05, 0.1) is 7.11 Å². The Labute approximate surface area is 111 Å². The van der Waals surface area contributed by atoms with Gasteiger partial charge in [-0.2, -0.15) is 0 Å². The molecule has 0 saturated carbocycles. The molecule has 1 aromatic heterocycles. The lowest BCUT2D eigenvalue weighted by Crippen LogP contribution is -2.13. The summed E-state index contributed by atoms with van der Waals surface area (Å²) in [5.74, 6) is 0.316. The van der Waals surface area contributed by atoms with Crippen LogP contribution >= 0.6 is 0 Å². The molecule has 1 heterocycles. The van der Waals surface area contributed by atoms with E-state index < -0.39 is 0 Å². The topological polar surface area (TPSA) is 77.2 Å². The number of pyridine rings is 1. The predicted octanol–water partition coefficient (Wildman–Crippen LogP) is 2.23. The number of methoxy groups -OCH3 is 1. The van der Waals surface area contributed by atoms with Gasteiger partial charge in [-0.25, -0.2) is 0 Å². The van der Waals surface area contributed by atoms with Crippen LogP contribution in [0.5, 0.6) is 5.75 Å². The van der Waals surface area contributed by atoms with Gasteiger partial charge in [-0.1, -0.05) is 0 Å². The van der Waals surface area contributed by atoms with E-state index in [1.807, 2.05) is 6.92 Å². The number of rotatable bonds is 3. The van der Waals surface area contributed by atoms with Crippen LogP contribution in [-0.2, 0) is 0 Å². The van der Waals surface area contributed by atoms with Crippen molar-refractivity contribution >= 4 is 17.3 Å². The molecular formula is C14H15N3O2. The Hall–Kier alpha value is -2.56. The van der Waals surface area contributed by atoms with Crippen LogP contribution in [0.3, 0.4) is 0 Å². The molecule has 1 amide bonds. The molecule has 0 radical (unpaired) electrons. The number of nitrogens with one attached hydrogen (secondary N) is 1. The van der Waals surface area contributed by atoms with Crippen molar-refractivity contribution < 1.29 is 9.53 Å². The number of nitrogen functional groups attached to an aromatic ring is 1. The molecule has 1 aromatic carbocycles. The first-order chi connectivity index (χ1) is 9.10. The van der Waals surface area contributed by atoms with E-state index in [2.05, 4.69) is 10.3 Å². The highest BCUT2D eigenvalue weighted by Crippen LogP contribution is 2.20. The Morgan fingerprint density at radius 3 is 2.84 bits per heavy atom. The summed E-state index contributed by atoms with van der Waals surface area (Å²) in [5.41, 5.74) is 8.28. The summed E-state index contributed by atoms with van der Waals surface area (Å²) in [6, 6.07) is 6.65. The van der Waals surface area contributed by atoms with E-state index in [-0.39, 0.29) is 5.91 Å². The number of carbonyl (C=O) groups is 1. The van der Waals surface area contributed by atoms with Crippen molar-refractivity contribution in [1.29, 1.82) is 0 Å². The van der Waals surface area contributed by atoms with Gasteiger partial charge < -0.3 is 15.8 Å². The third-order valence-corrected chi connectivity index (χ3v) is 2.70. The molecule has 0 atom stereocenters. The minimum absolute atomic E-state index is 0.236. The number of aryl methyl sites for hydroxylation is 1. The zero-order chi connectivity index (χ0) is 13.8. The molecule has 2 rings (SSSR count). The van der Waals surface area contributed by atoms with Gasteiger partial charge in [-0.05, 0) is 30.7 Å². The Morgan fingerprint density at radius 1 is 1.37 bits per heavy atom. The Bertz CT molecular complexity index is 611. The zero-order valence-corrected chi connectivity index (χ0v) is 10.8.